The first kappa shape index (κ1) is 19.6. The molecule has 1 fully saturated rings. The molecule has 1 heterocycles. The quantitative estimate of drug-likeness (QED) is 0.570. The van der Waals surface area contributed by atoms with Gasteiger partial charge >= 0.3 is 0 Å². The van der Waals surface area contributed by atoms with Crippen LogP contribution in [0.15, 0.2) is 54.2 Å². The average molecular weight is 379 g/mol. The van der Waals surface area contributed by atoms with E-state index in [-0.39, 0.29) is 18.7 Å². The molecule has 1 saturated heterocycles. The molecule has 0 aliphatic carbocycles. The van der Waals surface area contributed by atoms with E-state index < -0.39 is 0 Å². The molecule has 1 aliphatic rings. The number of aliphatic hydroxyl groups is 1. The monoisotopic (exact) mass is 379 g/mol. The van der Waals surface area contributed by atoms with Crippen molar-refractivity contribution in [3.63, 3.8) is 0 Å². The molecule has 0 bridgehead atoms. The van der Waals surface area contributed by atoms with Gasteiger partial charge in [0.05, 0.1) is 12.8 Å². The molecule has 2 aromatic rings. The second kappa shape index (κ2) is 8.71. The Bertz CT molecular complexity index is 860. The van der Waals surface area contributed by atoms with Crippen LogP contribution in [-0.2, 0) is 11.3 Å². The second-order valence-corrected chi connectivity index (χ2v) is 6.91. The molecular weight excluding hydrogens is 354 g/mol. The van der Waals surface area contributed by atoms with Crippen LogP contribution in [0.1, 0.15) is 28.4 Å². The number of aliphatic hydroxyl groups excluding tert-OH is 1. The van der Waals surface area contributed by atoms with E-state index >= 15 is 0 Å². The van der Waals surface area contributed by atoms with Gasteiger partial charge in [-0.3, -0.25) is 9.59 Å². The zero-order valence-electron chi connectivity index (χ0n) is 16.1. The summed E-state index contributed by atoms with van der Waals surface area (Å²) in [5, 5.41) is 12.3. The van der Waals surface area contributed by atoms with Crippen LogP contribution in [-0.4, -0.2) is 48.6 Å². The summed E-state index contributed by atoms with van der Waals surface area (Å²) in [6.07, 6.45) is 2.55. The van der Waals surface area contributed by atoms with Crippen molar-refractivity contribution in [2.75, 3.05) is 25.1 Å². The lowest BCUT2D eigenvalue weighted by Crippen LogP contribution is -2.34. The van der Waals surface area contributed by atoms with Crippen molar-refractivity contribution in [2.45, 2.75) is 19.6 Å². The largest absolute Gasteiger partial charge is 0.395 e. The minimum atomic E-state index is -0.112. The smallest absolute Gasteiger partial charge is 0.271 e. The average Bonchev–Trinajstić information content (AvgIpc) is 2.96. The molecule has 2 aromatic carbocycles. The Kier molecular flexibility index (Phi) is 6.11. The summed E-state index contributed by atoms with van der Waals surface area (Å²) in [5.74, 6) is -0.0477. The predicted molar refractivity (Wildman–Crippen MR) is 110 cm³/mol. The zero-order valence-corrected chi connectivity index (χ0v) is 16.1. The Hall–Kier alpha value is -3.12. The molecule has 3 rings (SSSR count). The summed E-state index contributed by atoms with van der Waals surface area (Å²) in [7, 11) is 1.92. The van der Waals surface area contributed by atoms with Crippen molar-refractivity contribution in [3.8, 4) is 0 Å². The van der Waals surface area contributed by atoms with E-state index in [0.717, 1.165) is 23.1 Å². The molecule has 28 heavy (non-hydrogen) atoms. The lowest BCUT2D eigenvalue weighted by molar-refractivity contribution is -0.126. The van der Waals surface area contributed by atoms with Crippen molar-refractivity contribution < 1.29 is 14.7 Å². The van der Waals surface area contributed by atoms with Gasteiger partial charge in [-0.05, 0) is 36.3 Å². The standard InChI is InChI=1S/C22H25N3O3/c1-16-23-21(13-17-7-9-20(10-8-17)24(2)11-12-26)22(28)25(16)14-18-3-5-19(15-27)6-4-18/h3-10,13,15-16,23,26H,11-12,14H2,1-2H3/b21-13-. The van der Waals surface area contributed by atoms with Crippen LogP contribution >= 0.6 is 0 Å². The first-order valence-corrected chi connectivity index (χ1v) is 9.27. The predicted octanol–water partition coefficient (Wildman–Crippen LogP) is 2.25. The summed E-state index contributed by atoms with van der Waals surface area (Å²) in [5.41, 5.74) is 4.10. The highest BCUT2D eigenvalue weighted by Gasteiger charge is 2.31. The molecule has 0 aromatic heterocycles. The molecule has 0 saturated carbocycles. The molecule has 1 aliphatic heterocycles. The third-order valence-electron chi connectivity index (χ3n) is 4.87. The Balaban J connectivity index is 1.71. The van der Waals surface area contributed by atoms with Crippen molar-refractivity contribution in [1.82, 2.24) is 10.2 Å². The summed E-state index contributed by atoms with van der Waals surface area (Å²) >= 11 is 0. The van der Waals surface area contributed by atoms with E-state index in [4.69, 9.17) is 5.11 Å². The van der Waals surface area contributed by atoms with E-state index in [0.29, 0.717) is 24.4 Å². The highest BCUT2D eigenvalue weighted by Crippen LogP contribution is 2.21. The van der Waals surface area contributed by atoms with Gasteiger partial charge in [-0.1, -0.05) is 36.4 Å². The van der Waals surface area contributed by atoms with Gasteiger partial charge < -0.3 is 20.2 Å². The van der Waals surface area contributed by atoms with Crippen molar-refractivity contribution in [2.24, 2.45) is 0 Å². The number of amides is 1. The maximum Gasteiger partial charge on any atom is 0.271 e. The van der Waals surface area contributed by atoms with Crippen molar-refractivity contribution >= 4 is 24.0 Å². The van der Waals surface area contributed by atoms with Crippen LogP contribution in [0.4, 0.5) is 5.69 Å². The molecule has 6 heteroatoms. The van der Waals surface area contributed by atoms with Gasteiger partial charge in [0.15, 0.2) is 0 Å². The third kappa shape index (κ3) is 4.40. The topological polar surface area (TPSA) is 72.9 Å². The number of nitrogens with zero attached hydrogens (tertiary/aromatic N) is 2. The SMILES string of the molecule is CC1N/C(=C\c2ccc(N(C)CCO)cc2)C(=O)N1Cc1ccc(C=O)cc1. The molecular formula is C22H25N3O3. The van der Waals surface area contributed by atoms with Gasteiger partial charge in [-0.15, -0.1) is 0 Å². The van der Waals surface area contributed by atoms with Gasteiger partial charge in [0, 0.05) is 31.4 Å². The fraction of sp³-hybridized carbons (Fsp3) is 0.273. The zero-order chi connectivity index (χ0) is 20.1. The van der Waals surface area contributed by atoms with E-state index in [9.17, 15) is 9.59 Å². The Morgan fingerprint density at radius 2 is 1.75 bits per heavy atom. The molecule has 6 nitrogen and oxygen atoms in total. The van der Waals surface area contributed by atoms with E-state index in [1.807, 2.05) is 61.3 Å². The molecule has 2 N–H and O–H groups in total. The number of hydrogen-bond acceptors (Lipinski definition) is 5. The summed E-state index contributed by atoms with van der Waals surface area (Å²) in [4.78, 5) is 27.3. The molecule has 1 amide bonds. The van der Waals surface area contributed by atoms with Crippen LogP contribution in [0, 0.1) is 0 Å². The molecule has 1 atom stereocenters. The van der Waals surface area contributed by atoms with Crippen LogP contribution in [0.25, 0.3) is 6.08 Å². The number of likely N-dealkylation sites (N-methyl/N-ethyl adjacent to an activating group) is 1. The van der Waals surface area contributed by atoms with E-state index in [1.165, 1.54) is 0 Å². The molecule has 0 spiro atoms. The number of hydrogen-bond donors (Lipinski definition) is 2. The van der Waals surface area contributed by atoms with Gasteiger partial charge in [-0.25, -0.2) is 0 Å². The highest BCUT2D eigenvalue weighted by atomic mass is 16.3. The Labute approximate surface area is 165 Å². The number of aldehydes is 1. The lowest BCUT2D eigenvalue weighted by atomic mass is 10.1. The van der Waals surface area contributed by atoms with Gasteiger partial charge in [0.25, 0.3) is 5.91 Å². The minimum Gasteiger partial charge on any atom is -0.395 e. The van der Waals surface area contributed by atoms with Gasteiger partial charge in [-0.2, -0.15) is 0 Å². The molecule has 1 unspecified atom stereocenters. The van der Waals surface area contributed by atoms with Crippen LogP contribution < -0.4 is 10.2 Å². The Morgan fingerprint density at radius 3 is 2.36 bits per heavy atom. The minimum absolute atomic E-state index is 0.0477. The van der Waals surface area contributed by atoms with E-state index in [1.54, 1.807) is 17.0 Å². The Morgan fingerprint density at radius 1 is 1.11 bits per heavy atom. The number of carbonyl (C=O) groups excluding carboxylic acids is 2. The summed E-state index contributed by atoms with van der Waals surface area (Å²) in [6.45, 7) is 3.10. The number of nitrogens with one attached hydrogen (secondary N) is 1. The second-order valence-electron chi connectivity index (χ2n) is 6.91. The lowest BCUT2D eigenvalue weighted by Gasteiger charge is -2.20. The third-order valence-corrected chi connectivity index (χ3v) is 4.87. The number of carbonyl (C=O) groups is 2. The van der Waals surface area contributed by atoms with E-state index in [2.05, 4.69) is 5.32 Å². The number of rotatable bonds is 7. The van der Waals surface area contributed by atoms with Gasteiger partial charge in [0.1, 0.15) is 12.0 Å². The highest BCUT2D eigenvalue weighted by molar-refractivity contribution is 5.99. The first-order chi connectivity index (χ1) is 13.5. The molecule has 0 radical (unpaired) electrons. The van der Waals surface area contributed by atoms with Crippen LogP contribution in [0.2, 0.25) is 0 Å². The molecule has 146 valence electrons. The maximum atomic E-state index is 12.8. The normalized spacial score (nSPS) is 17.7. The van der Waals surface area contributed by atoms with Crippen molar-refractivity contribution in [1.29, 1.82) is 0 Å². The fourth-order valence-electron chi connectivity index (χ4n) is 3.18. The van der Waals surface area contributed by atoms with Crippen LogP contribution in [0.3, 0.4) is 0 Å². The first-order valence-electron chi connectivity index (χ1n) is 9.27. The maximum absolute atomic E-state index is 12.8. The summed E-state index contributed by atoms with van der Waals surface area (Å²) < 4.78 is 0. The van der Waals surface area contributed by atoms with Crippen LogP contribution in [0.5, 0.6) is 0 Å². The summed E-state index contributed by atoms with van der Waals surface area (Å²) in [6, 6.07) is 15.1. The number of benzene rings is 2. The van der Waals surface area contributed by atoms with Crippen molar-refractivity contribution in [3.05, 3.63) is 70.9 Å². The fourth-order valence-corrected chi connectivity index (χ4v) is 3.18. The van der Waals surface area contributed by atoms with Gasteiger partial charge in [0.2, 0.25) is 0 Å². The number of anilines is 1.